The Balaban J connectivity index is 2.24. The van der Waals surface area contributed by atoms with Gasteiger partial charge in [-0.3, -0.25) is 0 Å². The number of aliphatic hydroxyl groups is 6. The van der Waals surface area contributed by atoms with Crippen molar-refractivity contribution in [1.29, 1.82) is 0 Å². The van der Waals surface area contributed by atoms with E-state index in [0.29, 0.717) is 0 Å². The minimum Gasteiger partial charge on any atom is -0.479 e. The zero-order valence-corrected chi connectivity index (χ0v) is 13.4. The maximum Gasteiger partial charge on any atom is 0.337 e. The van der Waals surface area contributed by atoms with Crippen LogP contribution in [0.4, 0.5) is 0 Å². The Labute approximate surface area is 145 Å². The summed E-state index contributed by atoms with van der Waals surface area (Å²) in [6, 6.07) is 0. The number of carbonyl (C=O) groups is 2. The summed E-state index contributed by atoms with van der Waals surface area (Å²) in [7, 11) is 0.971. The number of esters is 1. The molecule has 0 saturated carbocycles. The summed E-state index contributed by atoms with van der Waals surface area (Å²) in [5, 5.41) is 67.5. The van der Waals surface area contributed by atoms with E-state index in [4.69, 9.17) is 19.3 Å². The summed E-state index contributed by atoms with van der Waals surface area (Å²) in [6.07, 6.45) is -19.1. The largest absolute Gasteiger partial charge is 0.479 e. The maximum absolute atomic E-state index is 11.8. The second-order valence-electron chi connectivity index (χ2n) is 5.79. The first-order chi connectivity index (χ1) is 12.1. The second kappa shape index (κ2) is 8.08. The smallest absolute Gasteiger partial charge is 0.337 e. The Kier molecular flexibility index (Phi) is 6.49. The summed E-state index contributed by atoms with van der Waals surface area (Å²) >= 11 is 0. The standard InChI is InChI=1S/C13H20O13/c1-23-12(22)9-7(4(16)5(17)11(21)24-9)25-13-6(18)2(14)3(15)8(26-13)10(19)20/h2-9,11,13-18,21H,1H3,(H,19,20)/t2-,3+,4+,5+,6+,7+,8-,9-,11-,13-/m0/s1. The van der Waals surface area contributed by atoms with Crippen molar-refractivity contribution >= 4 is 11.9 Å². The van der Waals surface area contributed by atoms with E-state index in [1.54, 1.807) is 0 Å². The number of rotatable bonds is 4. The molecule has 10 atom stereocenters. The first kappa shape index (κ1) is 20.9. The Morgan fingerprint density at radius 3 is 1.96 bits per heavy atom. The molecule has 0 amide bonds. The van der Waals surface area contributed by atoms with E-state index in [1.807, 2.05) is 0 Å². The number of hydrogen-bond donors (Lipinski definition) is 7. The van der Waals surface area contributed by atoms with Gasteiger partial charge >= 0.3 is 11.9 Å². The van der Waals surface area contributed by atoms with E-state index in [2.05, 4.69) is 4.74 Å². The number of carboxylic acid groups (broad SMARTS) is 1. The van der Waals surface area contributed by atoms with Crippen LogP contribution in [0.1, 0.15) is 0 Å². The van der Waals surface area contributed by atoms with Gasteiger partial charge in [0.1, 0.15) is 36.6 Å². The third-order valence-electron chi connectivity index (χ3n) is 4.10. The van der Waals surface area contributed by atoms with E-state index in [1.165, 1.54) is 0 Å². The number of methoxy groups -OCH3 is 1. The topological polar surface area (TPSA) is 213 Å². The SMILES string of the molecule is COC(=O)[C@H]1O[C@H](O)[C@H](O)[C@@H](O)[C@H]1O[C@H]1O[C@H](C(=O)O)[C@H](O)[C@H](O)[C@H]1O. The molecule has 0 aromatic carbocycles. The van der Waals surface area contributed by atoms with Crippen molar-refractivity contribution in [2.75, 3.05) is 7.11 Å². The highest BCUT2D eigenvalue weighted by molar-refractivity contribution is 5.75. The summed E-state index contributed by atoms with van der Waals surface area (Å²) in [4.78, 5) is 22.8. The molecule has 0 aromatic heterocycles. The maximum atomic E-state index is 11.8. The Morgan fingerprint density at radius 2 is 1.42 bits per heavy atom. The first-order valence-corrected chi connectivity index (χ1v) is 7.45. The van der Waals surface area contributed by atoms with Crippen LogP contribution in [0.3, 0.4) is 0 Å². The number of carbonyl (C=O) groups excluding carboxylic acids is 1. The van der Waals surface area contributed by atoms with Crippen LogP contribution in [0.5, 0.6) is 0 Å². The van der Waals surface area contributed by atoms with Crippen LogP contribution in [0.2, 0.25) is 0 Å². The zero-order valence-electron chi connectivity index (χ0n) is 13.4. The van der Waals surface area contributed by atoms with Gasteiger partial charge in [-0.05, 0) is 0 Å². The van der Waals surface area contributed by atoms with Crippen molar-refractivity contribution in [3.63, 3.8) is 0 Å². The van der Waals surface area contributed by atoms with Gasteiger partial charge in [-0.2, -0.15) is 0 Å². The average Bonchev–Trinajstić information content (AvgIpc) is 2.60. The molecule has 13 heteroatoms. The van der Waals surface area contributed by atoms with Gasteiger partial charge in [-0.25, -0.2) is 9.59 Å². The van der Waals surface area contributed by atoms with Crippen LogP contribution < -0.4 is 0 Å². The molecule has 7 N–H and O–H groups in total. The van der Waals surface area contributed by atoms with E-state index in [-0.39, 0.29) is 0 Å². The first-order valence-electron chi connectivity index (χ1n) is 7.45. The van der Waals surface area contributed by atoms with Crippen molar-refractivity contribution in [2.24, 2.45) is 0 Å². The lowest BCUT2D eigenvalue weighted by Gasteiger charge is -2.44. The fourth-order valence-electron chi connectivity index (χ4n) is 2.63. The molecule has 2 heterocycles. The number of hydrogen-bond acceptors (Lipinski definition) is 12. The molecule has 150 valence electrons. The third-order valence-corrected chi connectivity index (χ3v) is 4.10. The van der Waals surface area contributed by atoms with Gasteiger partial charge in [0.15, 0.2) is 24.8 Å². The minimum absolute atomic E-state index is 0.971. The van der Waals surface area contributed by atoms with Gasteiger partial charge in [0, 0.05) is 0 Å². The molecular formula is C13H20O13. The molecule has 0 aromatic rings. The van der Waals surface area contributed by atoms with E-state index < -0.39 is 73.4 Å². The van der Waals surface area contributed by atoms with Crippen LogP contribution in [0, 0.1) is 0 Å². The van der Waals surface area contributed by atoms with Crippen LogP contribution in [0.15, 0.2) is 0 Å². The molecule has 2 aliphatic heterocycles. The monoisotopic (exact) mass is 384 g/mol. The zero-order chi connectivity index (χ0) is 19.8. The highest BCUT2D eigenvalue weighted by Gasteiger charge is 2.53. The van der Waals surface area contributed by atoms with Gasteiger partial charge in [-0.15, -0.1) is 0 Å². The fraction of sp³-hybridized carbons (Fsp3) is 0.846. The predicted octanol–water partition coefficient (Wildman–Crippen LogP) is -5.12. The quantitative estimate of drug-likeness (QED) is 0.226. The lowest BCUT2D eigenvalue weighted by atomic mass is 9.96. The number of aliphatic carboxylic acids is 1. The number of carboxylic acids is 1. The molecule has 0 radical (unpaired) electrons. The summed E-state index contributed by atoms with van der Waals surface area (Å²) in [5.74, 6) is -2.78. The molecule has 0 aliphatic carbocycles. The van der Waals surface area contributed by atoms with Crippen molar-refractivity contribution in [3.8, 4) is 0 Å². The minimum atomic E-state index is -1.98. The van der Waals surface area contributed by atoms with Crippen LogP contribution >= 0.6 is 0 Å². The molecule has 0 spiro atoms. The molecule has 2 saturated heterocycles. The molecule has 26 heavy (non-hydrogen) atoms. The highest BCUT2D eigenvalue weighted by Crippen LogP contribution is 2.29. The van der Waals surface area contributed by atoms with Crippen LogP contribution in [0.25, 0.3) is 0 Å². The Morgan fingerprint density at radius 1 is 0.808 bits per heavy atom. The average molecular weight is 384 g/mol. The summed E-state index contributed by atoms with van der Waals surface area (Å²) in [5.41, 5.74) is 0. The van der Waals surface area contributed by atoms with Crippen molar-refractivity contribution in [2.45, 2.75) is 61.4 Å². The number of ether oxygens (including phenoxy) is 4. The summed E-state index contributed by atoms with van der Waals surface area (Å²) < 4.78 is 19.3. The highest BCUT2D eigenvalue weighted by atomic mass is 16.7. The van der Waals surface area contributed by atoms with Gasteiger partial charge in [0.25, 0.3) is 0 Å². The van der Waals surface area contributed by atoms with Crippen molar-refractivity contribution < 1.29 is 64.3 Å². The van der Waals surface area contributed by atoms with Crippen molar-refractivity contribution in [1.82, 2.24) is 0 Å². The Hall–Kier alpha value is -1.42. The number of aliphatic hydroxyl groups excluding tert-OH is 6. The normalized spacial score (nSPS) is 46.6. The molecule has 0 bridgehead atoms. The van der Waals surface area contributed by atoms with Gasteiger partial charge in [0.2, 0.25) is 0 Å². The van der Waals surface area contributed by atoms with Gasteiger partial charge in [0.05, 0.1) is 7.11 Å². The molecule has 2 aliphatic rings. The molecular weight excluding hydrogens is 364 g/mol. The molecule has 2 rings (SSSR count). The van der Waals surface area contributed by atoms with Gasteiger partial charge < -0.3 is 54.7 Å². The molecule has 0 unspecified atom stereocenters. The summed E-state index contributed by atoms with van der Waals surface area (Å²) in [6.45, 7) is 0. The fourth-order valence-corrected chi connectivity index (χ4v) is 2.63. The third kappa shape index (κ3) is 3.80. The van der Waals surface area contributed by atoms with E-state index in [9.17, 15) is 40.2 Å². The van der Waals surface area contributed by atoms with Crippen LogP contribution in [-0.2, 0) is 28.5 Å². The molecule has 2 fully saturated rings. The predicted molar refractivity (Wildman–Crippen MR) is 74.1 cm³/mol. The Bertz CT molecular complexity index is 526. The lowest BCUT2D eigenvalue weighted by Crippen LogP contribution is -2.65. The van der Waals surface area contributed by atoms with Gasteiger partial charge in [-0.1, -0.05) is 0 Å². The van der Waals surface area contributed by atoms with Crippen molar-refractivity contribution in [3.05, 3.63) is 0 Å². The second-order valence-corrected chi connectivity index (χ2v) is 5.79. The molecule has 13 nitrogen and oxygen atoms in total. The van der Waals surface area contributed by atoms with Crippen LogP contribution in [-0.4, -0.2) is 116 Å². The van der Waals surface area contributed by atoms with E-state index >= 15 is 0 Å². The lowest BCUT2D eigenvalue weighted by molar-refractivity contribution is -0.346. The van der Waals surface area contributed by atoms with E-state index in [0.717, 1.165) is 7.11 Å².